The summed E-state index contributed by atoms with van der Waals surface area (Å²) in [4.78, 5) is 0. The molecule has 1 rings (SSSR count). The van der Waals surface area contributed by atoms with Crippen LogP contribution in [0.1, 0.15) is 11.1 Å². The Hall–Kier alpha value is -0.930. The van der Waals surface area contributed by atoms with Crippen LogP contribution >= 0.6 is 12.4 Å². The first kappa shape index (κ1) is 12.1. The van der Waals surface area contributed by atoms with E-state index in [0.717, 1.165) is 16.8 Å². The summed E-state index contributed by atoms with van der Waals surface area (Å²) in [5.74, 6) is 0. The molecular formula is C9H15ClN2O. The van der Waals surface area contributed by atoms with E-state index in [1.54, 1.807) is 0 Å². The van der Waals surface area contributed by atoms with Crippen LogP contribution in [-0.4, -0.2) is 11.7 Å². The molecule has 0 unspecified atom stereocenters. The topological polar surface area (TPSA) is 72.3 Å². The summed E-state index contributed by atoms with van der Waals surface area (Å²) >= 11 is 0. The monoisotopic (exact) mass is 202 g/mol. The van der Waals surface area contributed by atoms with E-state index in [9.17, 15) is 0 Å². The lowest BCUT2D eigenvalue weighted by Gasteiger charge is -2.07. The number of nitrogen functional groups attached to an aromatic ring is 2. The maximum absolute atomic E-state index is 8.71. The molecule has 0 aliphatic rings. The van der Waals surface area contributed by atoms with Crippen LogP contribution in [0.25, 0.3) is 0 Å². The maximum Gasteiger partial charge on any atom is 0.0472 e. The van der Waals surface area contributed by atoms with Gasteiger partial charge >= 0.3 is 0 Å². The predicted octanol–water partition coefficient (Wildman–Crippen LogP) is 1.12. The number of hydrogen-bond donors (Lipinski definition) is 3. The second-order valence-electron chi connectivity index (χ2n) is 2.88. The summed E-state index contributed by atoms with van der Waals surface area (Å²) in [7, 11) is 0. The molecule has 5 N–H and O–H groups in total. The number of nitrogens with two attached hydrogens (primary N) is 2. The molecule has 0 bridgehead atoms. The van der Waals surface area contributed by atoms with Crippen molar-refractivity contribution in [3.05, 3.63) is 23.3 Å². The van der Waals surface area contributed by atoms with Crippen molar-refractivity contribution in [3.8, 4) is 0 Å². The average molecular weight is 203 g/mol. The molecule has 0 saturated carbocycles. The molecule has 0 atom stereocenters. The van der Waals surface area contributed by atoms with E-state index in [2.05, 4.69) is 0 Å². The van der Waals surface area contributed by atoms with Crippen LogP contribution in [0.2, 0.25) is 0 Å². The van der Waals surface area contributed by atoms with Crippen LogP contribution in [0, 0.1) is 6.92 Å². The zero-order valence-electron chi connectivity index (χ0n) is 7.58. The van der Waals surface area contributed by atoms with Crippen LogP contribution in [-0.2, 0) is 6.42 Å². The second-order valence-corrected chi connectivity index (χ2v) is 2.88. The van der Waals surface area contributed by atoms with Gasteiger partial charge in [-0.25, -0.2) is 0 Å². The molecule has 0 fully saturated rings. The minimum Gasteiger partial charge on any atom is -0.399 e. The van der Waals surface area contributed by atoms with Crippen LogP contribution in [0.5, 0.6) is 0 Å². The number of hydrogen-bond acceptors (Lipinski definition) is 3. The van der Waals surface area contributed by atoms with Crippen LogP contribution in [0.4, 0.5) is 11.4 Å². The summed E-state index contributed by atoms with van der Waals surface area (Å²) in [6, 6.07) is 3.65. The predicted molar refractivity (Wildman–Crippen MR) is 58.0 cm³/mol. The molecule has 0 spiro atoms. The van der Waals surface area contributed by atoms with Gasteiger partial charge in [0, 0.05) is 18.0 Å². The molecule has 4 heteroatoms. The van der Waals surface area contributed by atoms with Crippen molar-refractivity contribution in [1.82, 2.24) is 0 Å². The number of anilines is 2. The number of halogens is 1. The van der Waals surface area contributed by atoms with Crippen molar-refractivity contribution in [1.29, 1.82) is 0 Å². The Kier molecular flexibility index (Phi) is 4.59. The molecule has 0 aromatic heterocycles. The summed E-state index contributed by atoms with van der Waals surface area (Å²) in [5.41, 5.74) is 14.7. The Morgan fingerprint density at radius 1 is 1.23 bits per heavy atom. The minimum absolute atomic E-state index is 0. The molecule has 0 saturated heterocycles. The van der Waals surface area contributed by atoms with Crippen molar-refractivity contribution in [2.45, 2.75) is 13.3 Å². The molecular weight excluding hydrogens is 188 g/mol. The molecule has 0 aliphatic carbocycles. The lowest BCUT2D eigenvalue weighted by Crippen LogP contribution is -2.01. The Bertz CT molecular complexity index is 289. The zero-order valence-corrected chi connectivity index (χ0v) is 8.40. The quantitative estimate of drug-likeness (QED) is 0.630. The first-order chi connectivity index (χ1) is 5.65. The van der Waals surface area contributed by atoms with E-state index in [1.807, 2.05) is 19.1 Å². The van der Waals surface area contributed by atoms with Crippen molar-refractivity contribution in [2.24, 2.45) is 0 Å². The molecule has 3 nitrogen and oxygen atoms in total. The lowest BCUT2D eigenvalue weighted by atomic mass is 10.1. The number of aliphatic hydroxyl groups is 1. The maximum atomic E-state index is 8.71. The van der Waals surface area contributed by atoms with Crippen molar-refractivity contribution in [3.63, 3.8) is 0 Å². The fourth-order valence-electron chi connectivity index (χ4n) is 1.13. The first-order valence-corrected chi connectivity index (χ1v) is 3.90. The van der Waals surface area contributed by atoms with E-state index >= 15 is 0 Å². The molecule has 0 aliphatic heterocycles. The number of aliphatic hydroxyl groups excluding tert-OH is 1. The standard InChI is InChI=1S/C9H14N2O.ClH/c1-6-4-9(11)7(2-3-12)5-8(6)10;/h4-5,12H,2-3,10-11H2,1H3;1H. The summed E-state index contributed by atoms with van der Waals surface area (Å²) in [6.07, 6.45) is 0.566. The van der Waals surface area contributed by atoms with Gasteiger partial charge in [0.25, 0.3) is 0 Å². The average Bonchev–Trinajstić information content (AvgIpc) is 2.01. The third-order valence-electron chi connectivity index (χ3n) is 1.91. The molecule has 74 valence electrons. The molecule has 1 aromatic rings. The Morgan fingerprint density at radius 2 is 1.85 bits per heavy atom. The number of benzene rings is 1. The van der Waals surface area contributed by atoms with Crippen LogP contribution in [0.15, 0.2) is 12.1 Å². The third-order valence-corrected chi connectivity index (χ3v) is 1.91. The highest BCUT2D eigenvalue weighted by molar-refractivity contribution is 5.85. The normalized spacial score (nSPS) is 9.38. The Labute approximate surface area is 84.2 Å². The van der Waals surface area contributed by atoms with Gasteiger partial charge in [0.05, 0.1) is 0 Å². The summed E-state index contributed by atoms with van der Waals surface area (Å²) in [5, 5.41) is 8.71. The highest BCUT2D eigenvalue weighted by Gasteiger charge is 2.01. The van der Waals surface area contributed by atoms with Crippen LogP contribution < -0.4 is 11.5 Å². The van der Waals surface area contributed by atoms with Gasteiger partial charge in [-0.2, -0.15) is 0 Å². The highest BCUT2D eigenvalue weighted by atomic mass is 35.5. The van der Waals surface area contributed by atoms with Gasteiger partial charge in [-0.1, -0.05) is 0 Å². The van der Waals surface area contributed by atoms with Crippen molar-refractivity contribution in [2.75, 3.05) is 18.1 Å². The van der Waals surface area contributed by atoms with Crippen LogP contribution in [0.3, 0.4) is 0 Å². The zero-order chi connectivity index (χ0) is 9.14. The minimum atomic E-state index is 0. The number of rotatable bonds is 2. The largest absolute Gasteiger partial charge is 0.399 e. The molecule has 13 heavy (non-hydrogen) atoms. The van der Waals surface area contributed by atoms with Gasteiger partial charge in [0.1, 0.15) is 0 Å². The van der Waals surface area contributed by atoms with Crippen molar-refractivity contribution >= 4 is 23.8 Å². The fraction of sp³-hybridized carbons (Fsp3) is 0.333. The van der Waals surface area contributed by atoms with E-state index in [0.29, 0.717) is 12.1 Å². The van der Waals surface area contributed by atoms with Gasteiger partial charge < -0.3 is 16.6 Å². The van der Waals surface area contributed by atoms with Gasteiger partial charge in [-0.05, 0) is 36.6 Å². The molecule has 0 radical (unpaired) electrons. The summed E-state index contributed by atoms with van der Waals surface area (Å²) < 4.78 is 0. The van der Waals surface area contributed by atoms with Gasteiger partial charge in [0.15, 0.2) is 0 Å². The Balaban J connectivity index is 0.00000144. The highest BCUT2D eigenvalue weighted by Crippen LogP contribution is 2.20. The van der Waals surface area contributed by atoms with Gasteiger partial charge in [-0.15, -0.1) is 12.4 Å². The lowest BCUT2D eigenvalue weighted by molar-refractivity contribution is 0.300. The second kappa shape index (κ2) is 4.94. The van der Waals surface area contributed by atoms with E-state index in [4.69, 9.17) is 16.6 Å². The summed E-state index contributed by atoms with van der Waals surface area (Å²) in [6.45, 7) is 2.01. The van der Waals surface area contributed by atoms with E-state index < -0.39 is 0 Å². The third kappa shape index (κ3) is 2.79. The van der Waals surface area contributed by atoms with E-state index in [1.165, 1.54) is 0 Å². The SMILES string of the molecule is Cc1cc(N)c(CCO)cc1N.Cl. The molecule has 1 aromatic carbocycles. The molecule has 0 heterocycles. The smallest absolute Gasteiger partial charge is 0.0472 e. The van der Waals surface area contributed by atoms with E-state index in [-0.39, 0.29) is 19.0 Å². The fourth-order valence-corrected chi connectivity index (χ4v) is 1.13. The first-order valence-electron chi connectivity index (χ1n) is 3.90. The van der Waals surface area contributed by atoms with Gasteiger partial charge in [-0.3, -0.25) is 0 Å². The van der Waals surface area contributed by atoms with Gasteiger partial charge in [0.2, 0.25) is 0 Å². The number of aryl methyl sites for hydroxylation is 1. The van der Waals surface area contributed by atoms with Crippen molar-refractivity contribution < 1.29 is 5.11 Å². The molecule has 0 amide bonds. The Morgan fingerprint density at radius 3 is 2.38 bits per heavy atom.